The fraction of sp³-hybridized carbons (Fsp3) is 0.375. The summed E-state index contributed by atoms with van der Waals surface area (Å²) in [6.07, 6.45) is 13.3. The van der Waals surface area contributed by atoms with Gasteiger partial charge in [0.05, 0.1) is 5.70 Å². The largest absolute Gasteiger partial charge is 0.381 e. The SMILES string of the molecule is O=C(CC1CCCOCCC1)N/C1=C/C/C=C(/C(=O)Nc2ccccc2)N(Cc2ccccc2F)C/C=C\C1. The van der Waals surface area contributed by atoms with Gasteiger partial charge in [-0.15, -0.1) is 0 Å². The minimum atomic E-state index is -0.303. The highest BCUT2D eigenvalue weighted by atomic mass is 19.1. The lowest BCUT2D eigenvalue weighted by Crippen LogP contribution is -2.31. The number of amides is 2. The summed E-state index contributed by atoms with van der Waals surface area (Å²) in [5.41, 5.74) is 2.48. The number of para-hydroxylation sites is 1. The average molecular weight is 532 g/mol. The van der Waals surface area contributed by atoms with Crippen molar-refractivity contribution in [1.82, 2.24) is 10.2 Å². The van der Waals surface area contributed by atoms with Crippen LogP contribution >= 0.6 is 0 Å². The second-order valence-corrected chi connectivity index (χ2v) is 10.0. The van der Waals surface area contributed by atoms with Crippen molar-refractivity contribution in [3.63, 3.8) is 0 Å². The first-order valence-corrected chi connectivity index (χ1v) is 13.8. The molecule has 39 heavy (non-hydrogen) atoms. The van der Waals surface area contributed by atoms with E-state index in [0.29, 0.717) is 48.7 Å². The predicted octanol–water partition coefficient (Wildman–Crippen LogP) is 6.10. The van der Waals surface area contributed by atoms with Crippen molar-refractivity contribution in [3.05, 3.63) is 102 Å². The smallest absolute Gasteiger partial charge is 0.271 e. The van der Waals surface area contributed by atoms with E-state index in [4.69, 9.17) is 4.74 Å². The Balaban J connectivity index is 1.49. The van der Waals surface area contributed by atoms with Gasteiger partial charge in [-0.2, -0.15) is 0 Å². The zero-order chi connectivity index (χ0) is 27.3. The van der Waals surface area contributed by atoms with Crippen molar-refractivity contribution in [2.45, 2.75) is 51.5 Å². The molecular formula is C32H38FN3O3. The second kappa shape index (κ2) is 15.0. The molecule has 1 fully saturated rings. The van der Waals surface area contributed by atoms with E-state index in [1.54, 1.807) is 18.2 Å². The van der Waals surface area contributed by atoms with Gasteiger partial charge in [0.15, 0.2) is 0 Å². The van der Waals surface area contributed by atoms with Gasteiger partial charge in [0.2, 0.25) is 5.91 Å². The minimum Gasteiger partial charge on any atom is -0.381 e. The van der Waals surface area contributed by atoms with Crippen LogP contribution in [-0.2, 0) is 20.9 Å². The molecule has 0 aromatic heterocycles. The number of ether oxygens (including phenoxy) is 1. The van der Waals surface area contributed by atoms with Gasteiger partial charge in [-0.05, 0) is 56.2 Å². The number of allylic oxidation sites excluding steroid dienone is 3. The maximum Gasteiger partial charge on any atom is 0.271 e. The van der Waals surface area contributed by atoms with Gasteiger partial charge < -0.3 is 20.3 Å². The molecule has 2 N–H and O–H groups in total. The first kappa shape index (κ1) is 28.3. The van der Waals surface area contributed by atoms with Crippen LogP contribution in [0.15, 0.2) is 90.3 Å². The van der Waals surface area contributed by atoms with Crippen molar-refractivity contribution in [1.29, 1.82) is 0 Å². The number of nitrogens with one attached hydrogen (secondary N) is 2. The van der Waals surface area contributed by atoms with Gasteiger partial charge in [-0.3, -0.25) is 9.59 Å². The summed E-state index contributed by atoms with van der Waals surface area (Å²) in [6, 6.07) is 15.9. The normalized spacial score (nSPS) is 20.8. The lowest BCUT2D eigenvalue weighted by Gasteiger charge is -2.26. The highest BCUT2D eigenvalue weighted by Crippen LogP contribution is 2.22. The summed E-state index contributed by atoms with van der Waals surface area (Å²) in [6.45, 7) is 2.22. The third-order valence-corrected chi connectivity index (χ3v) is 7.01. The molecule has 0 spiro atoms. The molecule has 206 valence electrons. The summed E-state index contributed by atoms with van der Waals surface area (Å²) in [4.78, 5) is 28.2. The molecule has 0 bridgehead atoms. The van der Waals surface area contributed by atoms with E-state index in [0.717, 1.165) is 44.6 Å². The first-order valence-electron chi connectivity index (χ1n) is 13.8. The Morgan fingerprint density at radius 3 is 2.44 bits per heavy atom. The van der Waals surface area contributed by atoms with Gasteiger partial charge in [-0.1, -0.05) is 60.7 Å². The topological polar surface area (TPSA) is 70.7 Å². The Kier molecular flexibility index (Phi) is 10.9. The highest BCUT2D eigenvalue weighted by Gasteiger charge is 2.20. The highest BCUT2D eigenvalue weighted by molar-refractivity contribution is 6.03. The van der Waals surface area contributed by atoms with Gasteiger partial charge in [0.25, 0.3) is 5.91 Å². The minimum absolute atomic E-state index is 0.0328. The summed E-state index contributed by atoms with van der Waals surface area (Å²) < 4.78 is 20.0. The van der Waals surface area contributed by atoms with E-state index in [2.05, 4.69) is 10.6 Å². The van der Waals surface area contributed by atoms with Gasteiger partial charge in [0, 0.05) is 56.1 Å². The summed E-state index contributed by atoms with van der Waals surface area (Å²) >= 11 is 0. The van der Waals surface area contributed by atoms with Crippen molar-refractivity contribution in [3.8, 4) is 0 Å². The van der Waals surface area contributed by atoms with Crippen molar-refractivity contribution in [2.75, 3.05) is 25.1 Å². The van der Waals surface area contributed by atoms with Crippen LogP contribution in [0.1, 0.15) is 50.5 Å². The molecule has 2 aromatic rings. The Hall–Kier alpha value is -3.71. The third kappa shape index (κ3) is 9.21. The lowest BCUT2D eigenvalue weighted by molar-refractivity contribution is -0.121. The van der Waals surface area contributed by atoms with Crippen LogP contribution in [0, 0.1) is 11.7 Å². The van der Waals surface area contributed by atoms with E-state index in [-0.39, 0.29) is 24.2 Å². The number of nitrogens with zero attached hydrogens (tertiary/aromatic N) is 1. The third-order valence-electron chi connectivity index (χ3n) is 7.01. The van der Waals surface area contributed by atoms with Crippen LogP contribution in [0.4, 0.5) is 10.1 Å². The molecule has 0 saturated carbocycles. The zero-order valence-electron chi connectivity index (χ0n) is 22.4. The molecule has 7 heteroatoms. The number of anilines is 1. The van der Waals surface area contributed by atoms with Gasteiger partial charge in [0.1, 0.15) is 5.82 Å². The molecule has 0 radical (unpaired) electrons. The molecule has 2 aliphatic rings. The molecule has 0 atom stereocenters. The van der Waals surface area contributed by atoms with Crippen LogP contribution in [0.25, 0.3) is 0 Å². The standard InChI is InChI=1S/C32H38FN3O3/c33-29-18-5-4-13-26(29)24-36-20-7-6-16-27(34-31(37)23-25-11-9-21-39-22-10-12-25)17-8-19-30(36)32(38)35-28-14-2-1-3-15-28/h1-7,13-15,17-19,25H,8-12,16,20-24H2,(H,34,37)(H,35,38)/b7-6-,27-17+,30-19-. The summed E-state index contributed by atoms with van der Waals surface area (Å²) in [7, 11) is 0. The quantitative estimate of drug-likeness (QED) is 0.424. The number of rotatable bonds is 7. The Bertz CT molecular complexity index is 1180. The molecule has 2 heterocycles. The van der Waals surface area contributed by atoms with E-state index < -0.39 is 0 Å². The fourth-order valence-corrected chi connectivity index (χ4v) is 4.96. The number of benzene rings is 2. The Morgan fingerprint density at radius 2 is 1.67 bits per heavy atom. The van der Waals surface area contributed by atoms with Crippen molar-refractivity contribution < 1.29 is 18.7 Å². The molecule has 4 rings (SSSR count). The summed E-state index contributed by atoms with van der Waals surface area (Å²) in [5.74, 6) is -0.156. The Morgan fingerprint density at radius 1 is 0.923 bits per heavy atom. The Labute approximate surface area is 230 Å². The van der Waals surface area contributed by atoms with Crippen LogP contribution in [0.3, 0.4) is 0 Å². The molecule has 0 unspecified atom stereocenters. The van der Waals surface area contributed by atoms with Gasteiger partial charge >= 0.3 is 0 Å². The number of carbonyl (C=O) groups is 2. The van der Waals surface area contributed by atoms with Crippen LogP contribution < -0.4 is 10.6 Å². The molecular weight excluding hydrogens is 493 g/mol. The predicted molar refractivity (Wildman–Crippen MR) is 152 cm³/mol. The molecule has 6 nitrogen and oxygen atoms in total. The number of carbonyl (C=O) groups excluding carboxylic acids is 2. The lowest BCUT2D eigenvalue weighted by atomic mass is 9.93. The van der Waals surface area contributed by atoms with Gasteiger partial charge in [-0.25, -0.2) is 4.39 Å². The summed E-state index contributed by atoms with van der Waals surface area (Å²) in [5, 5.41) is 6.07. The van der Waals surface area contributed by atoms with E-state index in [1.165, 1.54) is 6.07 Å². The van der Waals surface area contributed by atoms with Crippen molar-refractivity contribution >= 4 is 17.5 Å². The molecule has 2 aromatic carbocycles. The van der Waals surface area contributed by atoms with Crippen LogP contribution in [0.2, 0.25) is 0 Å². The molecule has 2 amide bonds. The fourth-order valence-electron chi connectivity index (χ4n) is 4.96. The molecule has 0 aliphatic carbocycles. The van der Waals surface area contributed by atoms with E-state index in [1.807, 2.05) is 59.5 Å². The number of halogens is 1. The van der Waals surface area contributed by atoms with Crippen LogP contribution in [0.5, 0.6) is 0 Å². The number of hydrogen-bond donors (Lipinski definition) is 2. The maximum absolute atomic E-state index is 14.5. The van der Waals surface area contributed by atoms with E-state index >= 15 is 0 Å². The maximum atomic E-state index is 14.5. The van der Waals surface area contributed by atoms with E-state index in [9.17, 15) is 14.0 Å². The average Bonchev–Trinajstić information content (AvgIpc) is 2.91. The first-order chi connectivity index (χ1) is 19.1. The molecule has 2 aliphatic heterocycles. The second-order valence-electron chi connectivity index (χ2n) is 10.0. The van der Waals surface area contributed by atoms with Crippen LogP contribution in [-0.4, -0.2) is 36.5 Å². The molecule has 1 saturated heterocycles. The monoisotopic (exact) mass is 531 g/mol. The van der Waals surface area contributed by atoms with Crippen molar-refractivity contribution in [2.24, 2.45) is 5.92 Å². The zero-order valence-corrected chi connectivity index (χ0v) is 22.4. The number of hydrogen-bond acceptors (Lipinski definition) is 4.